The van der Waals surface area contributed by atoms with Crippen molar-refractivity contribution < 1.29 is 28.4 Å². The van der Waals surface area contributed by atoms with Crippen LogP contribution in [0.2, 0.25) is 0 Å². The number of epoxide rings is 2. The Labute approximate surface area is 105 Å². The van der Waals surface area contributed by atoms with Crippen LogP contribution in [0.15, 0.2) is 0 Å². The Morgan fingerprint density at radius 1 is 0.667 bits per heavy atom. The normalized spacial score (nSPS) is 49.3. The van der Waals surface area contributed by atoms with Gasteiger partial charge in [0.25, 0.3) is 0 Å². The molecular weight excluding hydrogens is 240 g/mol. The predicted octanol–water partition coefficient (Wildman–Crippen LogP) is -0.648. The molecule has 4 aliphatic rings. The second kappa shape index (κ2) is 4.70. The number of hydrogen-bond donors (Lipinski definition) is 0. The molecule has 4 heterocycles. The average molecular weight is 258 g/mol. The van der Waals surface area contributed by atoms with E-state index in [1.807, 2.05) is 0 Å². The van der Waals surface area contributed by atoms with Crippen molar-refractivity contribution in [3.63, 3.8) is 0 Å². The molecule has 0 saturated carbocycles. The van der Waals surface area contributed by atoms with Crippen LogP contribution in [0.3, 0.4) is 0 Å². The van der Waals surface area contributed by atoms with Crippen LogP contribution in [0, 0.1) is 0 Å². The van der Waals surface area contributed by atoms with Crippen LogP contribution in [-0.2, 0) is 28.4 Å². The molecule has 4 saturated heterocycles. The van der Waals surface area contributed by atoms with Crippen LogP contribution in [0.25, 0.3) is 0 Å². The molecule has 6 heteroatoms. The molecule has 6 nitrogen and oxygen atoms in total. The maximum atomic E-state index is 5.77. The lowest BCUT2D eigenvalue weighted by Crippen LogP contribution is -2.35. The quantitative estimate of drug-likeness (QED) is 0.590. The van der Waals surface area contributed by atoms with Crippen molar-refractivity contribution in [3.8, 4) is 0 Å². The van der Waals surface area contributed by atoms with Gasteiger partial charge in [0.05, 0.1) is 39.6 Å². The van der Waals surface area contributed by atoms with Gasteiger partial charge in [0.2, 0.25) is 0 Å². The molecular formula is C12H18O6. The predicted molar refractivity (Wildman–Crippen MR) is 58.4 cm³/mol. The molecule has 6 atom stereocenters. The standard InChI is InChI=1S/C12H18O6/c1-7(13-1)3-15-9-5-17-12-10(6-18-11(9)12)16-4-8-2-14-8/h7-12H,1-6H2/t7?,8?,9-,10+,11?,12?. The van der Waals surface area contributed by atoms with E-state index in [2.05, 4.69) is 0 Å². The smallest absolute Gasteiger partial charge is 0.115 e. The van der Waals surface area contributed by atoms with Gasteiger partial charge in [-0.25, -0.2) is 0 Å². The van der Waals surface area contributed by atoms with Gasteiger partial charge in [-0.2, -0.15) is 0 Å². The number of hydrogen-bond acceptors (Lipinski definition) is 6. The zero-order valence-electron chi connectivity index (χ0n) is 10.2. The first-order chi connectivity index (χ1) is 8.90. The van der Waals surface area contributed by atoms with Crippen LogP contribution in [0.4, 0.5) is 0 Å². The zero-order chi connectivity index (χ0) is 11.9. The van der Waals surface area contributed by atoms with E-state index in [9.17, 15) is 0 Å². The van der Waals surface area contributed by atoms with E-state index in [-0.39, 0.29) is 36.6 Å². The summed E-state index contributed by atoms with van der Waals surface area (Å²) in [4.78, 5) is 0. The molecule has 0 aromatic rings. The Hall–Kier alpha value is -0.240. The van der Waals surface area contributed by atoms with Crippen molar-refractivity contribution in [3.05, 3.63) is 0 Å². The maximum absolute atomic E-state index is 5.77. The molecule has 4 rings (SSSR count). The third-order valence-corrected chi connectivity index (χ3v) is 3.76. The van der Waals surface area contributed by atoms with Gasteiger partial charge >= 0.3 is 0 Å². The van der Waals surface area contributed by atoms with Crippen molar-refractivity contribution in [1.29, 1.82) is 0 Å². The van der Waals surface area contributed by atoms with E-state index in [0.29, 0.717) is 26.4 Å². The highest BCUT2D eigenvalue weighted by Crippen LogP contribution is 2.31. The highest BCUT2D eigenvalue weighted by Gasteiger charge is 2.49. The Morgan fingerprint density at radius 3 is 1.50 bits per heavy atom. The molecule has 0 N–H and O–H groups in total. The summed E-state index contributed by atoms with van der Waals surface area (Å²) >= 11 is 0. The fraction of sp³-hybridized carbons (Fsp3) is 1.00. The molecule has 4 aliphatic heterocycles. The van der Waals surface area contributed by atoms with Crippen LogP contribution in [0.1, 0.15) is 0 Å². The summed E-state index contributed by atoms with van der Waals surface area (Å²) in [6, 6.07) is 0. The van der Waals surface area contributed by atoms with E-state index in [1.165, 1.54) is 0 Å². The summed E-state index contributed by atoms with van der Waals surface area (Å²) < 4.78 is 33.3. The molecule has 0 aromatic heterocycles. The number of ether oxygens (including phenoxy) is 6. The van der Waals surface area contributed by atoms with Gasteiger partial charge in [-0.1, -0.05) is 0 Å². The van der Waals surface area contributed by atoms with E-state index < -0.39 is 0 Å². The minimum Gasteiger partial charge on any atom is -0.371 e. The molecule has 4 fully saturated rings. The second-order valence-electron chi connectivity index (χ2n) is 5.25. The molecule has 0 amide bonds. The topological polar surface area (TPSA) is 62.0 Å². The van der Waals surface area contributed by atoms with E-state index >= 15 is 0 Å². The fourth-order valence-electron chi connectivity index (χ4n) is 2.51. The van der Waals surface area contributed by atoms with Gasteiger partial charge in [-0.05, 0) is 0 Å². The molecule has 0 aliphatic carbocycles. The van der Waals surface area contributed by atoms with E-state index in [0.717, 1.165) is 13.2 Å². The van der Waals surface area contributed by atoms with Crippen molar-refractivity contribution in [2.45, 2.75) is 36.6 Å². The van der Waals surface area contributed by atoms with Crippen LogP contribution >= 0.6 is 0 Å². The van der Waals surface area contributed by atoms with E-state index in [1.54, 1.807) is 0 Å². The summed E-state index contributed by atoms with van der Waals surface area (Å²) in [5.41, 5.74) is 0. The monoisotopic (exact) mass is 258 g/mol. The van der Waals surface area contributed by atoms with Gasteiger partial charge in [-0.3, -0.25) is 0 Å². The van der Waals surface area contributed by atoms with Gasteiger partial charge in [0.15, 0.2) is 0 Å². The van der Waals surface area contributed by atoms with Crippen molar-refractivity contribution in [2.24, 2.45) is 0 Å². The molecule has 102 valence electrons. The Balaban J connectivity index is 1.27. The fourth-order valence-corrected chi connectivity index (χ4v) is 2.51. The largest absolute Gasteiger partial charge is 0.371 e. The summed E-state index contributed by atoms with van der Waals surface area (Å²) in [5, 5.41) is 0. The van der Waals surface area contributed by atoms with Crippen molar-refractivity contribution in [1.82, 2.24) is 0 Å². The third kappa shape index (κ3) is 2.41. The average Bonchev–Trinajstić information content (AvgIpc) is 3.28. The highest BCUT2D eigenvalue weighted by atomic mass is 16.7. The third-order valence-electron chi connectivity index (χ3n) is 3.76. The summed E-state index contributed by atoms with van der Waals surface area (Å²) in [7, 11) is 0. The number of rotatable bonds is 6. The highest BCUT2D eigenvalue weighted by molar-refractivity contribution is 4.96. The maximum Gasteiger partial charge on any atom is 0.115 e. The first-order valence-corrected chi connectivity index (χ1v) is 6.60. The van der Waals surface area contributed by atoms with E-state index in [4.69, 9.17) is 28.4 Å². The second-order valence-corrected chi connectivity index (χ2v) is 5.25. The summed E-state index contributed by atoms with van der Waals surface area (Å²) in [6.45, 7) is 4.08. The Morgan fingerprint density at radius 2 is 1.11 bits per heavy atom. The molecule has 4 unspecified atom stereocenters. The Bertz CT molecular complexity index is 273. The molecule has 0 aromatic carbocycles. The Kier molecular flexibility index (Phi) is 3.02. The van der Waals surface area contributed by atoms with Crippen molar-refractivity contribution >= 4 is 0 Å². The van der Waals surface area contributed by atoms with Crippen molar-refractivity contribution in [2.75, 3.05) is 39.6 Å². The lowest BCUT2D eigenvalue weighted by atomic mass is 10.1. The summed E-state index contributed by atoms with van der Waals surface area (Å²) in [6.07, 6.45) is 0.617. The number of fused-ring (bicyclic) bond motifs is 1. The molecule has 0 bridgehead atoms. The minimum atomic E-state index is 0.00821. The van der Waals surface area contributed by atoms with Gasteiger partial charge in [0.1, 0.15) is 36.6 Å². The molecule has 18 heavy (non-hydrogen) atoms. The SMILES string of the molecule is C1OC1CO[C@H]1COC2C1OC[C@H]2OCC1CO1. The van der Waals surface area contributed by atoms with Gasteiger partial charge < -0.3 is 28.4 Å². The lowest BCUT2D eigenvalue weighted by Gasteiger charge is -2.16. The van der Waals surface area contributed by atoms with Gasteiger partial charge in [0, 0.05) is 0 Å². The minimum absolute atomic E-state index is 0.00821. The van der Waals surface area contributed by atoms with Gasteiger partial charge in [-0.15, -0.1) is 0 Å². The first kappa shape index (κ1) is 11.6. The van der Waals surface area contributed by atoms with Crippen LogP contribution in [0.5, 0.6) is 0 Å². The first-order valence-electron chi connectivity index (χ1n) is 6.60. The zero-order valence-corrected chi connectivity index (χ0v) is 10.2. The van der Waals surface area contributed by atoms with Crippen LogP contribution < -0.4 is 0 Å². The molecule has 0 spiro atoms. The summed E-state index contributed by atoms with van der Waals surface area (Å²) in [5.74, 6) is 0. The molecule has 0 radical (unpaired) electrons. The van der Waals surface area contributed by atoms with Crippen LogP contribution in [-0.4, -0.2) is 76.3 Å². The lowest BCUT2D eigenvalue weighted by molar-refractivity contribution is -0.0541.